The van der Waals surface area contributed by atoms with Crippen LogP contribution < -0.4 is 10.1 Å². The monoisotopic (exact) mass is 424 g/mol. The van der Waals surface area contributed by atoms with Crippen LogP contribution in [-0.4, -0.2) is 44.1 Å². The first-order valence-electron chi connectivity index (χ1n) is 9.67. The number of nitrogens with zero attached hydrogens (tertiary/aromatic N) is 1. The molecule has 0 atom stereocenters. The topological polar surface area (TPSA) is 41.6 Å². The molecule has 29 heavy (non-hydrogen) atoms. The maximum atomic E-state index is 14.7. The molecule has 0 unspecified atom stereocenters. The van der Waals surface area contributed by atoms with Gasteiger partial charge in [0.05, 0.1) is 12.7 Å². The Bertz CT molecular complexity index is 840. The van der Waals surface area contributed by atoms with Crippen LogP contribution in [0.15, 0.2) is 36.4 Å². The number of likely N-dealkylation sites (tertiary alicyclic amines) is 1. The molecule has 7 heteroatoms. The first-order valence-corrected chi connectivity index (χ1v) is 9.67. The van der Waals surface area contributed by atoms with E-state index in [4.69, 9.17) is 4.74 Å². The lowest BCUT2D eigenvalue weighted by Crippen LogP contribution is -2.41. The number of nitrogens with one attached hydrogen (secondary N) is 1. The van der Waals surface area contributed by atoms with E-state index in [0.717, 1.165) is 25.9 Å². The average molecular weight is 425 g/mol. The van der Waals surface area contributed by atoms with Gasteiger partial charge in [0.2, 0.25) is 0 Å². The van der Waals surface area contributed by atoms with Gasteiger partial charge in [-0.2, -0.15) is 0 Å². The second-order valence-corrected chi connectivity index (χ2v) is 7.08. The molecule has 1 aliphatic heterocycles. The molecule has 3 rings (SSSR count). The van der Waals surface area contributed by atoms with E-state index >= 15 is 0 Å². The minimum Gasteiger partial charge on any atom is -0.497 e. The van der Waals surface area contributed by atoms with E-state index in [0.29, 0.717) is 30.3 Å². The SMILES string of the molecule is CCNCC1CCN(C(=O)c2ccc(-c3ccc(OC)cc3F)cc2F)CC1.Cl. The first kappa shape index (κ1) is 23.1. The Morgan fingerprint density at radius 1 is 1.14 bits per heavy atom. The molecule has 0 aromatic heterocycles. The maximum Gasteiger partial charge on any atom is 0.256 e. The lowest BCUT2D eigenvalue weighted by atomic mass is 9.96. The third-order valence-corrected chi connectivity index (χ3v) is 5.27. The van der Waals surface area contributed by atoms with Gasteiger partial charge in [-0.05, 0) is 61.7 Å². The van der Waals surface area contributed by atoms with Gasteiger partial charge in [-0.25, -0.2) is 8.78 Å². The summed E-state index contributed by atoms with van der Waals surface area (Å²) in [6.07, 6.45) is 1.82. The van der Waals surface area contributed by atoms with Gasteiger partial charge in [0.15, 0.2) is 0 Å². The third-order valence-electron chi connectivity index (χ3n) is 5.27. The van der Waals surface area contributed by atoms with Crippen LogP contribution in [0.2, 0.25) is 0 Å². The van der Waals surface area contributed by atoms with Crippen molar-refractivity contribution >= 4 is 18.3 Å². The lowest BCUT2D eigenvalue weighted by Gasteiger charge is -2.32. The molecule has 0 aliphatic carbocycles. The molecule has 1 N–H and O–H groups in total. The molecule has 0 saturated carbocycles. The summed E-state index contributed by atoms with van der Waals surface area (Å²) < 4.78 is 33.9. The Kier molecular flexibility index (Phi) is 8.41. The van der Waals surface area contributed by atoms with Crippen LogP contribution in [0.25, 0.3) is 11.1 Å². The summed E-state index contributed by atoms with van der Waals surface area (Å²) in [4.78, 5) is 14.4. The van der Waals surface area contributed by atoms with E-state index in [9.17, 15) is 13.6 Å². The maximum absolute atomic E-state index is 14.7. The van der Waals surface area contributed by atoms with Gasteiger partial charge in [0.25, 0.3) is 5.91 Å². The van der Waals surface area contributed by atoms with Crippen molar-refractivity contribution in [2.75, 3.05) is 33.3 Å². The van der Waals surface area contributed by atoms with Crippen molar-refractivity contribution in [2.24, 2.45) is 5.92 Å². The molecule has 1 saturated heterocycles. The molecule has 1 heterocycles. The minimum atomic E-state index is -0.632. The van der Waals surface area contributed by atoms with Crippen LogP contribution in [0.3, 0.4) is 0 Å². The van der Waals surface area contributed by atoms with E-state index < -0.39 is 11.6 Å². The Hall–Kier alpha value is -2.18. The number of rotatable bonds is 6. The number of halogens is 3. The molecular weight excluding hydrogens is 398 g/mol. The summed E-state index contributed by atoms with van der Waals surface area (Å²) in [5.41, 5.74) is 0.685. The lowest BCUT2D eigenvalue weighted by molar-refractivity contribution is 0.0685. The van der Waals surface area contributed by atoms with Crippen molar-refractivity contribution in [2.45, 2.75) is 19.8 Å². The highest BCUT2D eigenvalue weighted by atomic mass is 35.5. The fraction of sp³-hybridized carbons (Fsp3) is 0.409. The fourth-order valence-electron chi connectivity index (χ4n) is 3.57. The van der Waals surface area contributed by atoms with Crippen LogP contribution in [0.5, 0.6) is 5.75 Å². The Morgan fingerprint density at radius 2 is 1.86 bits per heavy atom. The van der Waals surface area contributed by atoms with Crippen LogP contribution >= 0.6 is 12.4 Å². The number of carbonyl (C=O) groups is 1. The first-order chi connectivity index (χ1) is 13.5. The molecule has 1 fully saturated rings. The zero-order valence-electron chi connectivity index (χ0n) is 16.7. The number of amides is 1. The normalized spacial score (nSPS) is 14.4. The molecule has 4 nitrogen and oxygen atoms in total. The summed E-state index contributed by atoms with van der Waals surface area (Å²) in [6, 6.07) is 8.66. The zero-order valence-corrected chi connectivity index (χ0v) is 17.5. The van der Waals surface area contributed by atoms with Gasteiger partial charge in [-0.3, -0.25) is 4.79 Å². The van der Waals surface area contributed by atoms with Crippen LogP contribution in [-0.2, 0) is 0 Å². The van der Waals surface area contributed by atoms with Crippen molar-refractivity contribution < 1.29 is 18.3 Å². The molecule has 1 aliphatic rings. The summed E-state index contributed by atoms with van der Waals surface area (Å²) in [7, 11) is 1.46. The smallest absolute Gasteiger partial charge is 0.256 e. The number of hydrogen-bond donors (Lipinski definition) is 1. The predicted octanol–water partition coefficient (Wildman–Crippen LogP) is 4.52. The highest BCUT2D eigenvalue weighted by Gasteiger charge is 2.25. The number of methoxy groups -OCH3 is 1. The van der Waals surface area contributed by atoms with Crippen molar-refractivity contribution in [3.05, 3.63) is 53.6 Å². The van der Waals surface area contributed by atoms with Crippen LogP contribution in [0.1, 0.15) is 30.1 Å². The van der Waals surface area contributed by atoms with E-state index in [1.807, 2.05) is 0 Å². The Labute approximate surface area is 176 Å². The van der Waals surface area contributed by atoms with Crippen molar-refractivity contribution in [3.63, 3.8) is 0 Å². The van der Waals surface area contributed by atoms with Gasteiger partial charge in [-0.1, -0.05) is 13.0 Å². The van der Waals surface area contributed by atoms with Gasteiger partial charge < -0.3 is 15.0 Å². The molecule has 158 valence electrons. The van der Waals surface area contributed by atoms with Gasteiger partial charge in [0, 0.05) is 24.7 Å². The van der Waals surface area contributed by atoms with Crippen molar-refractivity contribution in [1.29, 1.82) is 0 Å². The van der Waals surface area contributed by atoms with E-state index in [-0.39, 0.29) is 29.4 Å². The summed E-state index contributed by atoms with van der Waals surface area (Å²) >= 11 is 0. The largest absolute Gasteiger partial charge is 0.497 e. The number of carbonyl (C=O) groups excluding carboxylic acids is 1. The van der Waals surface area contributed by atoms with Crippen LogP contribution in [0, 0.1) is 17.6 Å². The summed E-state index contributed by atoms with van der Waals surface area (Å²) in [5.74, 6) is -0.491. The highest BCUT2D eigenvalue weighted by Crippen LogP contribution is 2.28. The molecule has 0 bridgehead atoms. The number of ether oxygens (including phenoxy) is 1. The van der Waals surface area contributed by atoms with Crippen molar-refractivity contribution in [3.8, 4) is 16.9 Å². The average Bonchev–Trinajstić information content (AvgIpc) is 2.72. The van der Waals surface area contributed by atoms with E-state index in [1.165, 1.54) is 25.3 Å². The summed E-state index contributed by atoms with van der Waals surface area (Å²) in [6.45, 7) is 5.22. The molecule has 0 radical (unpaired) electrons. The fourth-order valence-corrected chi connectivity index (χ4v) is 3.57. The number of piperidine rings is 1. The second kappa shape index (κ2) is 10.6. The van der Waals surface area contributed by atoms with Gasteiger partial charge >= 0.3 is 0 Å². The standard InChI is InChI=1S/C22H26F2N2O2.ClH/c1-3-25-14-15-8-10-26(11-9-15)22(27)19-6-4-16(12-20(19)23)18-7-5-17(28-2)13-21(18)24;/h4-7,12-13,15,25H,3,8-11,14H2,1-2H3;1H. The quantitative estimate of drug-likeness (QED) is 0.741. The minimum absolute atomic E-state index is 0. The number of hydrogen-bond acceptors (Lipinski definition) is 3. The van der Waals surface area contributed by atoms with E-state index in [2.05, 4.69) is 12.2 Å². The van der Waals surface area contributed by atoms with Crippen molar-refractivity contribution in [1.82, 2.24) is 10.2 Å². The number of benzene rings is 2. The molecule has 1 amide bonds. The third kappa shape index (κ3) is 5.46. The highest BCUT2D eigenvalue weighted by molar-refractivity contribution is 5.95. The second-order valence-electron chi connectivity index (χ2n) is 7.08. The Morgan fingerprint density at radius 3 is 2.45 bits per heavy atom. The van der Waals surface area contributed by atoms with Gasteiger partial charge in [0.1, 0.15) is 17.4 Å². The molecule has 0 spiro atoms. The summed E-state index contributed by atoms with van der Waals surface area (Å²) in [5, 5.41) is 3.33. The van der Waals surface area contributed by atoms with Crippen LogP contribution in [0.4, 0.5) is 8.78 Å². The molecule has 2 aromatic rings. The molecule has 2 aromatic carbocycles. The Balaban J connectivity index is 0.00000300. The molecular formula is C22H27ClF2N2O2. The predicted molar refractivity (Wildman–Crippen MR) is 113 cm³/mol. The van der Waals surface area contributed by atoms with E-state index in [1.54, 1.807) is 23.1 Å². The zero-order chi connectivity index (χ0) is 20.1. The van der Waals surface area contributed by atoms with Gasteiger partial charge in [-0.15, -0.1) is 12.4 Å².